The Morgan fingerprint density at radius 2 is 2.06 bits per heavy atom. The highest BCUT2D eigenvalue weighted by atomic mass is 32.2. The number of rotatable bonds is 7. The first kappa shape index (κ1) is 15.6. The molecule has 0 aromatic carbocycles. The van der Waals surface area contributed by atoms with Crippen molar-refractivity contribution in [2.24, 2.45) is 5.92 Å². The first-order valence-electron chi connectivity index (χ1n) is 6.10. The zero-order valence-corrected chi connectivity index (χ0v) is 13.0. The summed E-state index contributed by atoms with van der Waals surface area (Å²) in [6, 6.07) is 1.75. The first-order chi connectivity index (χ1) is 8.36. The molecule has 0 unspecified atom stereocenters. The second kappa shape index (κ2) is 6.65. The SMILES string of the molecule is CNCc1sc(S(=O)(=O)NCCC(C)C)cc1C. The van der Waals surface area contributed by atoms with Crippen LogP contribution < -0.4 is 10.0 Å². The molecule has 0 aliphatic rings. The second-order valence-corrected chi connectivity index (χ2v) is 7.91. The van der Waals surface area contributed by atoms with Crippen molar-refractivity contribution in [3.63, 3.8) is 0 Å². The fourth-order valence-electron chi connectivity index (χ4n) is 1.51. The molecule has 0 amide bonds. The average Bonchev–Trinajstić information content (AvgIpc) is 2.61. The van der Waals surface area contributed by atoms with Crippen molar-refractivity contribution < 1.29 is 8.42 Å². The molecule has 104 valence electrons. The number of nitrogens with one attached hydrogen (secondary N) is 2. The van der Waals surface area contributed by atoms with Crippen molar-refractivity contribution >= 4 is 21.4 Å². The maximum atomic E-state index is 12.1. The molecule has 0 aliphatic heterocycles. The van der Waals surface area contributed by atoms with Gasteiger partial charge >= 0.3 is 0 Å². The maximum Gasteiger partial charge on any atom is 0.250 e. The topological polar surface area (TPSA) is 58.2 Å². The van der Waals surface area contributed by atoms with Crippen LogP contribution in [0.4, 0.5) is 0 Å². The van der Waals surface area contributed by atoms with Gasteiger partial charge in [0.2, 0.25) is 10.0 Å². The first-order valence-corrected chi connectivity index (χ1v) is 8.40. The fraction of sp³-hybridized carbons (Fsp3) is 0.667. The molecule has 2 N–H and O–H groups in total. The Morgan fingerprint density at radius 3 is 2.61 bits per heavy atom. The molecule has 1 heterocycles. The lowest BCUT2D eigenvalue weighted by molar-refractivity contribution is 0.553. The van der Waals surface area contributed by atoms with Gasteiger partial charge in [0.05, 0.1) is 0 Å². The molecule has 4 nitrogen and oxygen atoms in total. The minimum atomic E-state index is -3.34. The van der Waals surface area contributed by atoms with E-state index in [2.05, 4.69) is 23.9 Å². The molecular formula is C12H22N2O2S2. The number of aryl methyl sites for hydroxylation is 1. The van der Waals surface area contributed by atoms with E-state index in [4.69, 9.17) is 0 Å². The molecule has 1 aromatic rings. The quantitative estimate of drug-likeness (QED) is 0.808. The summed E-state index contributed by atoms with van der Waals surface area (Å²) in [5.41, 5.74) is 1.03. The molecule has 6 heteroatoms. The van der Waals surface area contributed by atoms with Crippen molar-refractivity contribution in [1.29, 1.82) is 0 Å². The Kier molecular flexibility index (Phi) is 5.78. The van der Waals surface area contributed by atoms with Crippen LogP contribution in [0.3, 0.4) is 0 Å². The van der Waals surface area contributed by atoms with Gasteiger partial charge in [0.1, 0.15) is 4.21 Å². The van der Waals surface area contributed by atoms with Gasteiger partial charge in [-0.1, -0.05) is 13.8 Å². The molecule has 1 aromatic heterocycles. The van der Waals surface area contributed by atoms with Gasteiger partial charge in [-0.15, -0.1) is 11.3 Å². The largest absolute Gasteiger partial charge is 0.315 e. The summed E-state index contributed by atoms with van der Waals surface area (Å²) in [6.07, 6.45) is 0.854. The lowest BCUT2D eigenvalue weighted by Crippen LogP contribution is -2.24. The van der Waals surface area contributed by atoms with Crippen molar-refractivity contribution in [3.05, 3.63) is 16.5 Å². The normalized spacial score (nSPS) is 12.3. The minimum Gasteiger partial charge on any atom is -0.315 e. The van der Waals surface area contributed by atoms with E-state index in [9.17, 15) is 8.42 Å². The zero-order chi connectivity index (χ0) is 13.8. The Bertz CT molecular complexity index is 478. The van der Waals surface area contributed by atoms with E-state index in [1.165, 1.54) is 11.3 Å². The summed E-state index contributed by atoms with van der Waals surface area (Å²) in [5, 5.41) is 3.04. The lowest BCUT2D eigenvalue weighted by atomic mass is 10.1. The number of thiophene rings is 1. The van der Waals surface area contributed by atoms with Crippen LogP contribution >= 0.6 is 11.3 Å². The van der Waals surface area contributed by atoms with E-state index in [0.717, 1.165) is 16.9 Å². The molecule has 0 atom stereocenters. The minimum absolute atomic E-state index is 0.411. The Balaban J connectivity index is 2.75. The smallest absolute Gasteiger partial charge is 0.250 e. The van der Waals surface area contributed by atoms with E-state index >= 15 is 0 Å². The van der Waals surface area contributed by atoms with Crippen molar-refractivity contribution in [2.45, 2.75) is 37.9 Å². The summed E-state index contributed by atoms with van der Waals surface area (Å²) in [4.78, 5) is 1.07. The van der Waals surface area contributed by atoms with Gasteiger partial charge in [-0.2, -0.15) is 0 Å². The predicted molar refractivity (Wildman–Crippen MR) is 76.5 cm³/mol. The van der Waals surface area contributed by atoms with Crippen molar-refractivity contribution in [1.82, 2.24) is 10.0 Å². The highest BCUT2D eigenvalue weighted by molar-refractivity contribution is 7.91. The summed E-state index contributed by atoms with van der Waals surface area (Å²) >= 11 is 1.34. The Morgan fingerprint density at radius 1 is 1.39 bits per heavy atom. The van der Waals surface area contributed by atoms with Gasteiger partial charge in [0.15, 0.2) is 0 Å². The molecule has 0 aliphatic carbocycles. The van der Waals surface area contributed by atoms with Crippen LogP contribution in [0.5, 0.6) is 0 Å². The van der Waals surface area contributed by atoms with Gasteiger partial charge < -0.3 is 5.32 Å². The third kappa shape index (κ3) is 4.35. The van der Waals surface area contributed by atoms with E-state index in [-0.39, 0.29) is 0 Å². The number of sulfonamides is 1. The van der Waals surface area contributed by atoms with Crippen LogP contribution in [0.1, 0.15) is 30.7 Å². The highest BCUT2D eigenvalue weighted by Crippen LogP contribution is 2.25. The fourth-order valence-corrected chi connectivity index (χ4v) is 4.20. The maximum absolute atomic E-state index is 12.1. The molecule has 0 radical (unpaired) electrons. The van der Waals surface area contributed by atoms with Crippen LogP contribution in [0.25, 0.3) is 0 Å². The predicted octanol–water partition coefficient (Wildman–Crippen LogP) is 2.10. The standard InChI is InChI=1S/C12H22N2O2S2/c1-9(2)5-6-14-18(15,16)12-7-10(3)11(17-12)8-13-4/h7,9,13-14H,5-6,8H2,1-4H3. The van der Waals surface area contributed by atoms with Gasteiger partial charge in [-0.05, 0) is 37.9 Å². The van der Waals surface area contributed by atoms with Crippen molar-refractivity contribution in [2.75, 3.05) is 13.6 Å². The van der Waals surface area contributed by atoms with Crippen LogP contribution in [0.15, 0.2) is 10.3 Å². The Hall–Kier alpha value is -0.430. The Labute approximate surface area is 114 Å². The third-order valence-electron chi connectivity index (χ3n) is 2.61. The van der Waals surface area contributed by atoms with E-state index in [1.54, 1.807) is 6.07 Å². The lowest BCUT2D eigenvalue weighted by Gasteiger charge is -2.06. The van der Waals surface area contributed by atoms with Gasteiger partial charge in [-0.25, -0.2) is 13.1 Å². The average molecular weight is 290 g/mol. The van der Waals surface area contributed by atoms with Crippen LogP contribution in [0.2, 0.25) is 0 Å². The molecule has 0 saturated heterocycles. The van der Waals surface area contributed by atoms with E-state index in [1.807, 2.05) is 14.0 Å². The summed E-state index contributed by atoms with van der Waals surface area (Å²) < 4.78 is 27.2. The van der Waals surface area contributed by atoms with Crippen LogP contribution in [0, 0.1) is 12.8 Å². The molecule has 0 fully saturated rings. The molecular weight excluding hydrogens is 268 g/mol. The summed E-state index contributed by atoms with van der Waals surface area (Å²) in [5.74, 6) is 0.498. The molecule has 0 saturated carbocycles. The zero-order valence-electron chi connectivity index (χ0n) is 11.4. The molecule has 18 heavy (non-hydrogen) atoms. The van der Waals surface area contributed by atoms with Gasteiger partial charge in [-0.3, -0.25) is 0 Å². The molecule has 0 spiro atoms. The third-order valence-corrected chi connectivity index (χ3v) is 5.79. The second-order valence-electron chi connectivity index (χ2n) is 4.78. The number of hydrogen-bond donors (Lipinski definition) is 2. The number of hydrogen-bond acceptors (Lipinski definition) is 4. The van der Waals surface area contributed by atoms with Crippen molar-refractivity contribution in [3.8, 4) is 0 Å². The van der Waals surface area contributed by atoms with Gasteiger partial charge in [0.25, 0.3) is 0 Å². The monoisotopic (exact) mass is 290 g/mol. The van der Waals surface area contributed by atoms with E-state index in [0.29, 0.717) is 23.2 Å². The summed E-state index contributed by atoms with van der Waals surface area (Å²) in [6.45, 7) is 7.30. The summed E-state index contributed by atoms with van der Waals surface area (Å²) in [7, 11) is -1.48. The van der Waals surface area contributed by atoms with Gasteiger partial charge in [0, 0.05) is 18.0 Å². The highest BCUT2D eigenvalue weighted by Gasteiger charge is 2.18. The van der Waals surface area contributed by atoms with Crippen LogP contribution in [-0.2, 0) is 16.6 Å². The van der Waals surface area contributed by atoms with E-state index < -0.39 is 10.0 Å². The molecule has 1 rings (SSSR count). The van der Waals surface area contributed by atoms with Crippen LogP contribution in [-0.4, -0.2) is 22.0 Å². The molecule has 0 bridgehead atoms.